The third-order valence-electron chi connectivity index (χ3n) is 4.04. The minimum atomic E-state index is -0.568. The Bertz CT molecular complexity index is 915. The van der Waals surface area contributed by atoms with E-state index in [4.69, 9.17) is 21.5 Å². The van der Waals surface area contributed by atoms with E-state index in [0.29, 0.717) is 16.5 Å². The van der Waals surface area contributed by atoms with Crippen molar-refractivity contribution in [2.75, 3.05) is 25.6 Å². The van der Waals surface area contributed by atoms with Crippen LogP contribution in [0.25, 0.3) is 5.69 Å². The summed E-state index contributed by atoms with van der Waals surface area (Å²) in [4.78, 5) is 1.68. The summed E-state index contributed by atoms with van der Waals surface area (Å²) in [6, 6.07) is 16.5. The highest BCUT2D eigenvalue weighted by molar-refractivity contribution is 7.80. The maximum atomic E-state index is 12.2. The van der Waals surface area contributed by atoms with E-state index in [-0.39, 0.29) is 25.4 Å². The van der Waals surface area contributed by atoms with E-state index < -0.39 is 5.95 Å². The zero-order valence-electron chi connectivity index (χ0n) is 15.2. The van der Waals surface area contributed by atoms with Crippen LogP contribution in [-0.4, -0.2) is 40.7 Å². The Hall–Kier alpha value is -3.17. The van der Waals surface area contributed by atoms with Crippen molar-refractivity contribution in [2.45, 2.75) is 6.54 Å². The van der Waals surface area contributed by atoms with Gasteiger partial charge in [0.05, 0.1) is 19.0 Å². The van der Waals surface area contributed by atoms with E-state index in [1.54, 1.807) is 36.3 Å². The van der Waals surface area contributed by atoms with Gasteiger partial charge in [0.25, 0.3) is 5.69 Å². The molecule has 0 saturated carbocycles. The highest BCUT2D eigenvalue weighted by Gasteiger charge is 2.24. The summed E-state index contributed by atoms with van der Waals surface area (Å²) in [5.41, 5.74) is 1.74. The second-order valence-corrected chi connectivity index (χ2v) is 6.24. The Balaban J connectivity index is 1.83. The second-order valence-electron chi connectivity index (χ2n) is 5.86. The number of aliphatic hydroxyl groups excluding tert-OH is 1. The van der Waals surface area contributed by atoms with Gasteiger partial charge in [-0.15, -0.1) is 0 Å². The number of benzene rings is 2. The first kappa shape index (κ1) is 19.6. The van der Waals surface area contributed by atoms with E-state index in [1.807, 2.05) is 30.3 Å². The molecule has 2 aromatic carbocycles. The average Bonchev–Trinajstić information content (AvgIpc) is 3.08. The summed E-state index contributed by atoms with van der Waals surface area (Å²) < 4.78 is 11.4. The molecule has 0 spiro atoms. The van der Waals surface area contributed by atoms with Gasteiger partial charge in [-0.25, -0.2) is 0 Å². The van der Waals surface area contributed by atoms with Gasteiger partial charge in [0.2, 0.25) is 5.69 Å². The number of aliphatic hydroxyl groups is 1. The molecular formula is C19H20N4O4S. The molecule has 0 bridgehead atoms. The molecule has 0 amide bonds. The van der Waals surface area contributed by atoms with Gasteiger partial charge in [0.1, 0.15) is 12.3 Å². The highest BCUT2D eigenvalue weighted by Crippen LogP contribution is 2.17. The molecule has 3 rings (SSSR count). The Labute approximate surface area is 167 Å². The molecule has 146 valence electrons. The average molecular weight is 400 g/mol. The van der Waals surface area contributed by atoms with E-state index in [9.17, 15) is 10.2 Å². The van der Waals surface area contributed by atoms with E-state index in [1.165, 1.54) is 4.68 Å². The van der Waals surface area contributed by atoms with Crippen molar-refractivity contribution < 1.29 is 24.2 Å². The van der Waals surface area contributed by atoms with Crippen LogP contribution in [0.3, 0.4) is 0 Å². The maximum Gasteiger partial charge on any atom is 0.259 e. The lowest BCUT2D eigenvalue weighted by Gasteiger charge is -2.23. The molecule has 0 unspecified atom stereocenters. The summed E-state index contributed by atoms with van der Waals surface area (Å²) in [6.45, 7) is 0.234. The molecule has 28 heavy (non-hydrogen) atoms. The number of nitrogens with zero attached hydrogens (tertiary/aromatic N) is 3. The number of hydrogen-bond donors (Lipinski definition) is 2. The zero-order chi connectivity index (χ0) is 19.9. The molecular weight excluding hydrogens is 380 g/mol. The molecule has 0 aliphatic heterocycles. The molecule has 2 N–H and O–H groups in total. The first-order valence-corrected chi connectivity index (χ1v) is 8.97. The van der Waals surface area contributed by atoms with Crippen LogP contribution in [-0.2, 0) is 6.54 Å². The largest absolute Gasteiger partial charge is 0.539 e. The quantitative estimate of drug-likeness (QED) is 0.451. The lowest BCUT2D eigenvalue weighted by Crippen LogP contribution is -2.43. The van der Waals surface area contributed by atoms with Crippen LogP contribution in [0.4, 0.5) is 5.69 Å². The van der Waals surface area contributed by atoms with Crippen LogP contribution in [0.5, 0.6) is 11.7 Å². The normalized spacial score (nSPS) is 10.5. The number of rotatable bonds is 7. The van der Waals surface area contributed by atoms with Gasteiger partial charge in [-0.05, 0) is 41.2 Å². The van der Waals surface area contributed by atoms with Crippen LogP contribution >= 0.6 is 12.2 Å². The Morgan fingerprint density at radius 3 is 2.61 bits per heavy atom. The molecule has 0 aliphatic rings. The summed E-state index contributed by atoms with van der Waals surface area (Å²) >= 11 is 5.46. The third kappa shape index (κ3) is 4.56. The lowest BCUT2D eigenvalue weighted by molar-refractivity contribution is -0.678. The molecule has 0 fully saturated rings. The number of methoxy groups -OCH3 is 1. The van der Waals surface area contributed by atoms with Gasteiger partial charge in [-0.1, -0.05) is 18.2 Å². The van der Waals surface area contributed by atoms with Crippen LogP contribution in [0.2, 0.25) is 0 Å². The van der Waals surface area contributed by atoms with E-state index >= 15 is 0 Å². The molecule has 0 aliphatic carbocycles. The number of nitrogens with one attached hydrogen (secondary N) is 1. The number of hydrogen-bond acceptors (Lipinski definition) is 6. The maximum absolute atomic E-state index is 12.2. The Morgan fingerprint density at radius 2 is 1.96 bits per heavy atom. The summed E-state index contributed by atoms with van der Waals surface area (Å²) in [5.74, 6) is 0.119. The van der Waals surface area contributed by atoms with Crippen LogP contribution < -0.4 is 19.8 Å². The van der Waals surface area contributed by atoms with Crippen molar-refractivity contribution in [1.82, 2.24) is 10.2 Å². The number of ether oxygens (including phenoxy) is 1. The summed E-state index contributed by atoms with van der Waals surface area (Å²) in [7, 11) is 1.58. The topological polar surface area (TPSA) is 97.7 Å². The molecule has 0 saturated heterocycles. The predicted molar refractivity (Wildman–Crippen MR) is 104 cm³/mol. The second kappa shape index (κ2) is 9.16. The van der Waals surface area contributed by atoms with Crippen molar-refractivity contribution in [3.63, 3.8) is 0 Å². The number of para-hydroxylation sites is 1. The monoisotopic (exact) mass is 400 g/mol. The molecule has 0 atom stereocenters. The molecule has 0 radical (unpaired) electrons. The molecule has 1 aromatic heterocycles. The van der Waals surface area contributed by atoms with Crippen LogP contribution in [0, 0.1) is 0 Å². The van der Waals surface area contributed by atoms with Crippen molar-refractivity contribution in [2.24, 2.45) is 0 Å². The lowest BCUT2D eigenvalue weighted by atomic mass is 10.3. The van der Waals surface area contributed by atoms with Crippen LogP contribution in [0.15, 0.2) is 59.1 Å². The Kier molecular flexibility index (Phi) is 6.41. The minimum Gasteiger partial charge on any atom is -0.539 e. The molecule has 3 aromatic rings. The van der Waals surface area contributed by atoms with Crippen LogP contribution in [0.1, 0.15) is 5.69 Å². The van der Waals surface area contributed by atoms with Crippen molar-refractivity contribution >= 4 is 23.0 Å². The first-order valence-electron chi connectivity index (χ1n) is 8.56. The predicted octanol–water partition coefficient (Wildman–Crippen LogP) is 1.22. The summed E-state index contributed by atoms with van der Waals surface area (Å²) in [5, 5.41) is 29.0. The van der Waals surface area contributed by atoms with Crippen molar-refractivity contribution in [1.29, 1.82) is 0 Å². The fraction of sp³-hybridized carbons (Fsp3) is 0.211. The summed E-state index contributed by atoms with van der Waals surface area (Å²) in [6.07, 6.45) is 0. The minimum absolute atomic E-state index is 0.119. The molecule has 9 heteroatoms. The number of thiocarbonyl (C=S) groups is 1. The first-order chi connectivity index (χ1) is 13.6. The van der Waals surface area contributed by atoms with Gasteiger partial charge in [-0.2, -0.15) is 0 Å². The third-order valence-corrected chi connectivity index (χ3v) is 4.40. The smallest absolute Gasteiger partial charge is 0.259 e. The number of anilines is 1. The highest BCUT2D eigenvalue weighted by atomic mass is 32.1. The van der Waals surface area contributed by atoms with Gasteiger partial charge in [0, 0.05) is 24.4 Å². The molecule has 1 heterocycles. The van der Waals surface area contributed by atoms with Gasteiger partial charge < -0.3 is 29.7 Å². The Morgan fingerprint density at radius 1 is 1.25 bits per heavy atom. The fourth-order valence-corrected chi connectivity index (χ4v) is 2.88. The van der Waals surface area contributed by atoms with Crippen molar-refractivity contribution in [3.05, 3.63) is 60.3 Å². The van der Waals surface area contributed by atoms with Gasteiger partial charge >= 0.3 is 0 Å². The van der Waals surface area contributed by atoms with Gasteiger partial charge in [0.15, 0.2) is 11.1 Å². The zero-order valence-corrected chi connectivity index (χ0v) is 16.1. The fourth-order valence-electron chi connectivity index (χ4n) is 2.60. The van der Waals surface area contributed by atoms with E-state index in [0.717, 1.165) is 5.69 Å². The standard InChI is InChI=1S/C19H20N4O4S/c1-26-16-9-7-15(8-10-16)23-17(18(25)27-21-23)13-22(11-12-24)19(28)20-14-5-3-2-4-6-14/h2-10,24H,11-13H2,1H3,(H-,20,21,25,28). The van der Waals surface area contributed by atoms with Crippen molar-refractivity contribution in [3.8, 4) is 17.4 Å². The molecule has 8 nitrogen and oxygen atoms in total. The SMILES string of the molecule is COc1ccc(-[n+]2noc([O-])c2CN(CCO)C(=S)Nc2ccccc2)cc1. The van der Waals surface area contributed by atoms with E-state index in [2.05, 4.69) is 10.6 Å². The van der Waals surface area contributed by atoms with Gasteiger partial charge in [-0.3, -0.25) is 0 Å². The number of aromatic nitrogens is 2.